The van der Waals surface area contributed by atoms with E-state index < -0.39 is 31.2 Å². The van der Waals surface area contributed by atoms with Crippen LogP contribution in [0.2, 0.25) is 0 Å². The third kappa shape index (κ3) is 7.00. The number of ether oxygens (including phenoxy) is 4. The molecule has 6 atom stereocenters. The molecule has 0 spiro atoms. The van der Waals surface area contributed by atoms with Gasteiger partial charge in [0.05, 0.1) is 33.5 Å². The highest BCUT2D eigenvalue weighted by Crippen LogP contribution is 2.32. The topological polar surface area (TPSA) is 158 Å². The second-order valence-electron chi connectivity index (χ2n) is 9.05. The lowest BCUT2D eigenvalue weighted by atomic mass is 9.83. The van der Waals surface area contributed by atoms with Crippen LogP contribution in [0.5, 0.6) is 23.0 Å². The fraction of sp³-hybridized carbons (Fsp3) is 0.538. The minimum absolute atomic E-state index is 0.00640. The van der Waals surface area contributed by atoms with E-state index in [2.05, 4.69) is 0 Å². The van der Waals surface area contributed by atoms with Crippen LogP contribution in [-0.2, 0) is 22.3 Å². The third-order valence-corrected chi connectivity index (χ3v) is 6.57. The van der Waals surface area contributed by atoms with E-state index in [4.69, 9.17) is 18.9 Å². The van der Waals surface area contributed by atoms with Crippen molar-refractivity contribution in [1.82, 2.24) is 0 Å². The van der Waals surface area contributed by atoms with Crippen molar-refractivity contribution < 1.29 is 49.6 Å². The van der Waals surface area contributed by atoms with E-state index in [-0.39, 0.29) is 43.0 Å². The molecule has 0 aliphatic carbocycles. The van der Waals surface area contributed by atoms with Crippen molar-refractivity contribution in [2.75, 3.05) is 34.0 Å². The molecule has 10 nitrogen and oxygen atoms in total. The van der Waals surface area contributed by atoms with Crippen molar-refractivity contribution in [2.45, 2.75) is 43.9 Å². The molecule has 0 aromatic heterocycles. The number of hydrogen-bond acceptors (Lipinski definition) is 10. The van der Waals surface area contributed by atoms with E-state index in [1.807, 2.05) is 0 Å². The molecule has 3 unspecified atom stereocenters. The summed E-state index contributed by atoms with van der Waals surface area (Å²) in [6, 6.07) is 10.00. The first-order valence-corrected chi connectivity index (χ1v) is 11.9. The molecule has 1 fully saturated rings. The van der Waals surface area contributed by atoms with Crippen LogP contribution in [0, 0.1) is 11.8 Å². The predicted molar refractivity (Wildman–Crippen MR) is 129 cm³/mol. The molecule has 0 saturated carbocycles. The molecule has 2 aromatic carbocycles. The van der Waals surface area contributed by atoms with Gasteiger partial charge in [-0.25, -0.2) is 0 Å². The summed E-state index contributed by atoms with van der Waals surface area (Å²) >= 11 is 0. The maximum atomic E-state index is 10.3. The van der Waals surface area contributed by atoms with Gasteiger partial charge in [0, 0.05) is 13.0 Å². The Kier molecular flexibility index (Phi) is 10.2. The molecule has 10 heteroatoms. The lowest BCUT2D eigenvalue weighted by Crippen LogP contribution is -2.50. The van der Waals surface area contributed by atoms with Crippen LogP contribution in [0.1, 0.15) is 17.5 Å². The van der Waals surface area contributed by atoms with Gasteiger partial charge in [0.15, 0.2) is 29.3 Å². The molecule has 1 aliphatic heterocycles. The summed E-state index contributed by atoms with van der Waals surface area (Å²) in [7, 11) is 2.92. The quantitative estimate of drug-likeness (QED) is 0.244. The number of aromatic hydroxyl groups is 2. The summed E-state index contributed by atoms with van der Waals surface area (Å²) < 4.78 is 21.9. The fourth-order valence-corrected chi connectivity index (χ4v) is 4.44. The van der Waals surface area contributed by atoms with Gasteiger partial charge in [-0.05, 0) is 60.1 Å². The maximum Gasteiger partial charge on any atom is 0.184 e. The average Bonchev–Trinajstić information content (AvgIpc) is 2.87. The minimum Gasteiger partial charge on any atom is -0.504 e. The number of phenolic OH excluding ortho intramolecular Hbond substituents is 2. The summed E-state index contributed by atoms with van der Waals surface area (Å²) in [6.07, 6.45) is -3.08. The van der Waals surface area contributed by atoms with Gasteiger partial charge in [0.2, 0.25) is 0 Å². The van der Waals surface area contributed by atoms with Gasteiger partial charge < -0.3 is 49.6 Å². The van der Waals surface area contributed by atoms with Crippen molar-refractivity contribution in [2.24, 2.45) is 11.8 Å². The maximum absolute atomic E-state index is 10.3. The van der Waals surface area contributed by atoms with Gasteiger partial charge in [-0.1, -0.05) is 12.1 Å². The standard InChI is InChI=1S/C26H36O10/c1-33-23-9-15(3-5-19(23)29)7-17(12-27)18(8-16-4-6-20(30)24(10-16)34-2)14-35-26-22(32)11-21(31)25(13-28)36-26/h3-6,9-10,17-18,21-22,25-32H,7-8,11-14H2,1-2H3/t17-,18?,21?,22?,25+,26+/m0/s1. The molecule has 36 heavy (non-hydrogen) atoms. The lowest BCUT2D eigenvalue weighted by molar-refractivity contribution is -0.274. The Hall–Kier alpha value is -2.60. The molecule has 1 aliphatic rings. The summed E-state index contributed by atoms with van der Waals surface area (Å²) in [6.45, 7) is -0.482. The Morgan fingerprint density at radius 3 is 1.92 bits per heavy atom. The number of aliphatic hydroxyl groups is 4. The molecule has 0 bridgehead atoms. The van der Waals surface area contributed by atoms with Gasteiger partial charge in [-0.2, -0.15) is 0 Å². The molecule has 1 heterocycles. The fourth-order valence-electron chi connectivity index (χ4n) is 4.44. The highest BCUT2D eigenvalue weighted by Gasteiger charge is 2.37. The van der Waals surface area contributed by atoms with E-state index in [9.17, 15) is 30.6 Å². The van der Waals surface area contributed by atoms with Crippen LogP contribution >= 0.6 is 0 Å². The highest BCUT2D eigenvalue weighted by atomic mass is 16.7. The Balaban J connectivity index is 1.81. The number of aliphatic hydroxyl groups excluding tert-OH is 4. The first-order valence-electron chi connectivity index (χ1n) is 11.9. The number of benzene rings is 2. The third-order valence-electron chi connectivity index (χ3n) is 6.57. The second kappa shape index (κ2) is 13.1. The summed E-state index contributed by atoms with van der Waals surface area (Å²) in [4.78, 5) is 0. The summed E-state index contributed by atoms with van der Waals surface area (Å²) in [5.74, 6) is 0.117. The van der Waals surface area contributed by atoms with E-state index in [0.29, 0.717) is 24.3 Å². The van der Waals surface area contributed by atoms with Crippen LogP contribution in [0.4, 0.5) is 0 Å². The normalized spacial score (nSPS) is 23.7. The second-order valence-corrected chi connectivity index (χ2v) is 9.05. The highest BCUT2D eigenvalue weighted by molar-refractivity contribution is 5.43. The molecule has 200 valence electrons. The number of methoxy groups -OCH3 is 2. The van der Waals surface area contributed by atoms with Crippen LogP contribution in [0.15, 0.2) is 36.4 Å². The Bertz CT molecular complexity index is 968. The van der Waals surface area contributed by atoms with Gasteiger partial charge in [-0.15, -0.1) is 0 Å². The van der Waals surface area contributed by atoms with E-state index in [0.717, 1.165) is 11.1 Å². The Labute approximate surface area is 210 Å². The first-order chi connectivity index (χ1) is 17.3. The van der Waals surface area contributed by atoms with Gasteiger partial charge in [0.1, 0.15) is 12.2 Å². The summed E-state index contributed by atoms with van der Waals surface area (Å²) in [5.41, 5.74) is 1.68. The number of hydrogen-bond donors (Lipinski definition) is 6. The van der Waals surface area contributed by atoms with Gasteiger partial charge >= 0.3 is 0 Å². The van der Waals surface area contributed by atoms with Crippen molar-refractivity contribution in [3.05, 3.63) is 47.5 Å². The van der Waals surface area contributed by atoms with Crippen LogP contribution in [0.25, 0.3) is 0 Å². The zero-order chi connectivity index (χ0) is 26.2. The molecule has 3 rings (SSSR count). The molecule has 2 aromatic rings. The summed E-state index contributed by atoms with van der Waals surface area (Å²) in [5, 5.41) is 59.9. The smallest absolute Gasteiger partial charge is 0.184 e. The van der Waals surface area contributed by atoms with Crippen molar-refractivity contribution >= 4 is 0 Å². The average molecular weight is 509 g/mol. The number of rotatable bonds is 12. The Morgan fingerprint density at radius 1 is 0.861 bits per heavy atom. The van der Waals surface area contributed by atoms with E-state index in [1.165, 1.54) is 26.4 Å². The lowest BCUT2D eigenvalue weighted by Gasteiger charge is -2.37. The van der Waals surface area contributed by atoms with Crippen LogP contribution in [0.3, 0.4) is 0 Å². The molecular weight excluding hydrogens is 472 g/mol. The molecule has 0 radical (unpaired) electrons. The van der Waals surface area contributed by atoms with E-state index in [1.54, 1.807) is 24.3 Å². The first kappa shape index (κ1) is 28.0. The SMILES string of the molecule is COc1cc(CC(CO[C@@H]2O[C@H](CO)C(O)CC2O)[C@H](CO)Cc2ccc(O)c(OC)c2)ccc1O. The van der Waals surface area contributed by atoms with E-state index >= 15 is 0 Å². The van der Waals surface area contributed by atoms with Gasteiger partial charge in [-0.3, -0.25) is 0 Å². The van der Waals surface area contributed by atoms with Crippen molar-refractivity contribution in [3.63, 3.8) is 0 Å². The van der Waals surface area contributed by atoms with Crippen molar-refractivity contribution in [1.29, 1.82) is 0 Å². The molecule has 0 amide bonds. The Morgan fingerprint density at radius 2 is 1.42 bits per heavy atom. The number of phenols is 2. The van der Waals surface area contributed by atoms with Crippen molar-refractivity contribution in [3.8, 4) is 23.0 Å². The molecular formula is C26H36O10. The molecule has 1 saturated heterocycles. The zero-order valence-electron chi connectivity index (χ0n) is 20.5. The molecule has 6 N–H and O–H groups in total. The monoisotopic (exact) mass is 508 g/mol. The largest absolute Gasteiger partial charge is 0.504 e. The minimum atomic E-state index is -1.08. The van der Waals surface area contributed by atoms with Crippen LogP contribution < -0.4 is 9.47 Å². The van der Waals surface area contributed by atoms with Crippen LogP contribution in [-0.4, -0.2) is 89.3 Å². The predicted octanol–water partition coefficient (Wildman–Crippen LogP) is 0.971. The van der Waals surface area contributed by atoms with Gasteiger partial charge in [0.25, 0.3) is 0 Å². The zero-order valence-corrected chi connectivity index (χ0v) is 20.5.